The van der Waals surface area contributed by atoms with Crippen LogP contribution in [-0.2, 0) is 26.9 Å². The van der Waals surface area contributed by atoms with Crippen molar-refractivity contribution in [1.82, 2.24) is 5.06 Å². The number of hydroxylamine groups is 2. The standard InChI is InChI=1S/C21H33NO3S/c1-21(2,3)20(23)25-22-15-13-18(14-16-22)8-6-5-7-17-9-11-19(12-10-17)26(4)24/h9-12,18H,5-8,13-16H2,1-4H3. The van der Waals surface area contributed by atoms with E-state index < -0.39 is 16.2 Å². The maximum absolute atomic E-state index is 11.9. The van der Waals surface area contributed by atoms with Gasteiger partial charge >= 0.3 is 5.97 Å². The van der Waals surface area contributed by atoms with Gasteiger partial charge in [0.25, 0.3) is 0 Å². The molecule has 26 heavy (non-hydrogen) atoms. The summed E-state index contributed by atoms with van der Waals surface area (Å²) >= 11 is 0. The van der Waals surface area contributed by atoms with Gasteiger partial charge in [0.05, 0.1) is 5.41 Å². The van der Waals surface area contributed by atoms with Crippen LogP contribution < -0.4 is 0 Å². The molecule has 1 saturated heterocycles. The Balaban J connectivity index is 1.61. The van der Waals surface area contributed by atoms with Crippen LogP contribution in [0.5, 0.6) is 0 Å². The highest BCUT2D eigenvalue weighted by Crippen LogP contribution is 2.25. The number of nitrogens with zero attached hydrogens (tertiary/aromatic N) is 1. The second-order valence-corrected chi connectivity index (χ2v) is 9.72. The monoisotopic (exact) mass is 379 g/mol. The van der Waals surface area contributed by atoms with Crippen molar-refractivity contribution in [2.24, 2.45) is 11.3 Å². The van der Waals surface area contributed by atoms with Gasteiger partial charge in [-0.1, -0.05) is 25.0 Å². The van der Waals surface area contributed by atoms with E-state index in [1.165, 1.54) is 24.8 Å². The van der Waals surface area contributed by atoms with E-state index >= 15 is 0 Å². The summed E-state index contributed by atoms with van der Waals surface area (Å²) in [5.74, 6) is 0.596. The molecule has 1 heterocycles. The molecule has 1 aromatic rings. The summed E-state index contributed by atoms with van der Waals surface area (Å²) in [5.41, 5.74) is 0.879. The molecule has 1 unspecified atom stereocenters. The number of hydrogen-bond acceptors (Lipinski definition) is 4. The van der Waals surface area contributed by atoms with E-state index in [0.29, 0.717) is 0 Å². The fraction of sp³-hybridized carbons (Fsp3) is 0.667. The molecule has 146 valence electrons. The molecule has 4 nitrogen and oxygen atoms in total. The number of carbonyl (C=O) groups excluding carboxylic acids is 1. The lowest BCUT2D eigenvalue weighted by Crippen LogP contribution is -2.38. The van der Waals surface area contributed by atoms with Crippen molar-refractivity contribution < 1.29 is 13.8 Å². The van der Waals surface area contributed by atoms with Crippen LogP contribution in [0.1, 0.15) is 58.4 Å². The molecule has 1 atom stereocenters. The van der Waals surface area contributed by atoms with Crippen molar-refractivity contribution in [2.75, 3.05) is 19.3 Å². The highest BCUT2D eigenvalue weighted by atomic mass is 32.2. The maximum Gasteiger partial charge on any atom is 0.330 e. The Bertz CT molecular complexity index is 599. The third-order valence-corrected chi connectivity index (χ3v) is 5.92. The first-order chi connectivity index (χ1) is 12.3. The van der Waals surface area contributed by atoms with Crippen LogP contribution in [0.15, 0.2) is 29.2 Å². The minimum atomic E-state index is -0.895. The molecule has 0 radical (unpaired) electrons. The predicted molar refractivity (Wildman–Crippen MR) is 106 cm³/mol. The van der Waals surface area contributed by atoms with Crippen molar-refractivity contribution in [3.8, 4) is 0 Å². The molecule has 1 fully saturated rings. The highest BCUT2D eigenvalue weighted by molar-refractivity contribution is 7.84. The molecule has 1 aliphatic rings. The van der Waals surface area contributed by atoms with Crippen molar-refractivity contribution >= 4 is 16.8 Å². The van der Waals surface area contributed by atoms with Gasteiger partial charge in [0.1, 0.15) is 0 Å². The SMILES string of the molecule is CS(=O)c1ccc(CCCCC2CCN(OC(=O)C(C)(C)C)CC2)cc1. The molecule has 0 aromatic heterocycles. The average Bonchev–Trinajstić information content (AvgIpc) is 2.59. The first-order valence-corrected chi connectivity index (χ1v) is 11.2. The summed E-state index contributed by atoms with van der Waals surface area (Å²) in [7, 11) is -0.895. The van der Waals surface area contributed by atoms with Crippen LogP contribution in [-0.4, -0.2) is 34.6 Å². The van der Waals surface area contributed by atoms with E-state index in [1.54, 1.807) is 6.26 Å². The lowest BCUT2D eigenvalue weighted by molar-refractivity contribution is -0.206. The molecule has 0 spiro atoms. The third kappa shape index (κ3) is 6.84. The molecule has 2 rings (SSSR count). The Morgan fingerprint density at radius 3 is 2.31 bits per heavy atom. The van der Waals surface area contributed by atoms with Crippen LogP contribution in [0.4, 0.5) is 0 Å². The van der Waals surface area contributed by atoms with Crippen molar-refractivity contribution in [3.63, 3.8) is 0 Å². The van der Waals surface area contributed by atoms with Crippen molar-refractivity contribution in [1.29, 1.82) is 0 Å². The average molecular weight is 380 g/mol. The summed E-state index contributed by atoms with van der Waals surface area (Å²) in [6.07, 6.45) is 8.67. The van der Waals surface area contributed by atoms with Gasteiger partial charge in [-0.05, 0) is 70.1 Å². The number of hydrogen-bond donors (Lipinski definition) is 0. The quantitative estimate of drug-likeness (QED) is 0.661. The first kappa shape index (κ1) is 21.1. The van der Waals surface area contributed by atoms with Gasteiger partial charge in [-0.15, -0.1) is 5.06 Å². The largest absolute Gasteiger partial charge is 0.367 e. The fourth-order valence-corrected chi connectivity index (χ4v) is 3.67. The van der Waals surface area contributed by atoms with E-state index in [9.17, 15) is 9.00 Å². The Labute approximate surface area is 160 Å². The zero-order valence-corrected chi connectivity index (χ0v) is 17.4. The van der Waals surface area contributed by atoms with Gasteiger partial charge in [-0.3, -0.25) is 4.21 Å². The van der Waals surface area contributed by atoms with E-state index in [2.05, 4.69) is 12.1 Å². The van der Waals surface area contributed by atoms with Gasteiger partial charge in [0.15, 0.2) is 0 Å². The molecule has 0 amide bonds. The molecule has 1 aromatic carbocycles. The minimum Gasteiger partial charge on any atom is -0.367 e. The molecule has 1 aliphatic heterocycles. The summed E-state index contributed by atoms with van der Waals surface area (Å²) in [6, 6.07) is 8.14. The second-order valence-electron chi connectivity index (χ2n) is 8.34. The molecular formula is C21H33NO3S. The Morgan fingerprint density at radius 2 is 1.77 bits per heavy atom. The molecule has 0 N–H and O–H groups in total. The van der Waals surface area contributed by atoms with Gasteiger partial charge in [0, 0.05) is 35.0 Å². The van der Waals surface area contributed by atoms with Gasteiger partial charge in [0.2, 0.25) is 0 Å². The first-order valence-electron chi connectivity index (χ1n) is 9.65. The maximum atomic E-state index is 11.9. The summed E-state index contributed by atoms with van der Waals surface area (Å²) in [4.78, 5) is 18.3. The van der Waals surface area contributed by atoms with Crippen LogP contribution in [0.2, 0.25) is 0 Å². The zero-order valence-electron chi connectivity index (χ0n) is 16.6. The van der Waals surface area contributed by atoms with E-state index in [4.69, 9.17) is 4.84 Å². The topological polar surface area (TPSA) is 46.6 Å². The van der Waals surface area contributed by atoms with Gasteiger partial charge < -0.3 is 4.84 Å². The number of piperidine rings is 1. The lowest BCUT2D eigenvalue weighted by atomic mass is 9.91. The van der Waals surface area contributed by atoms with Crippen molar-refractivity contribution in [3.05, 3.63) is 29.8 Å². The molecule has 0 aliphatic carbocycles. The summed E-state index contributed by atoms with van der Waals surface area (Å²) in [6.45, 7) is 7.36. The Kier molecular flexibility index (Phi) is 7.84. The molecule has 5 heteroatoms. The van der Waals surface area contributed by atoms with Crippen LogP contribution in [0.25, 0.3) is 0 Å². The Hall–Kier alpha value is -1.20. The lowest BCUT2D eigenvalue weighted by Gasteiger charge is -2.32. The third-order valence-electron chi connectivity index (χ3n) is 4.98. The van der Waals surface area contributed by atoms with E-state index in [-0.39, 0.29) is 5.97 Å². The number of carbonyl (C=O) groups is 1. The van der Waals surface area contributed by atoms with Crippen LogP contribution in [0, 0.1) is 11.3 Å². The number of benzene rings is 1. The van der Waals surface area contributed by atoms with E-state index in [1.807, 2.05) is 38.0 Å². The minimum absolute atomic E-state index is 0.145. The van der Waals surface area contributed by atoms with Crippen LogP contribution in [0.3, 0.4) is 0 Å². The predicted octanol–water partition coefficient (Wildman–Crippen LogP) is 4.35. The number of unbranched alkanes of at least 4 members (excludes halogenated alkanes) is 1. The fourth-order valence-electron chi connectivity index (χ4n) is 3.15. The number of aryl methyl sites for hydroxylation is 1. The van der Waals surface area contributed by atoms with Gasteiger partial charge in [-0.2, -0.15) is 0 Å². The van der Waals surface area contributed by atoms with Gasteiger partial charge in [-0.25, -0.2) is 4.79 Å². The molecule has 0 bridgehead atoms. The number of rotatable bonds is 7. The summed E-state index contributed by atoms with van der Waals surface area (Å²) < 4.78 is 11.4. The van der Waals surface area contributed by atoms with Crippen molar-refractivity contribution in [2.45, 2.75) is 64.2 Å². The van der Waals surface area contributed by atoms with Crippen LogP contribution >= 0.6 is 0 Å². The smallest absolute Gasteiger partial charge is 0.330 e. The Morgan fingerprint density at radius 1 is 1.15 bits per heavy atom. The second kappa shape index (κ2) is 9.65. The normalized spacial score (nSPS) is 17.8. The summed E-state index contributed by atoms with van der Waals surface area (Å²) in [5, 5.41) is 1.84. The van der Waals surface area contributed by atoms with E-state index in [0.717, 1.165) is 43.2 Å². The highest BCUT2D eigenvalue weighted by Gasteiger charge is 2.28. The molecule has 0 saturated carbocycles. The molecular weight excluding hydrogens is 346 g/mol. The zero-order chi connectivity index (χ0) is 19.2.